The summed E-state index contributed by atoms with van der Waals surface area (Å²) < 4.78 is 5.58. The van der Waals surface area contributed by atoms with E-state index in [9.17, 15) is 14.4 Å². The molecule has 2 fully saturated rings. The van der Waals surface area contributed by atoms with E-state index >= 15 is 0 Å². The van der Waals surface area contributed by atoms with E-state index in [0.717, 1.165) is 6.54 Å². The van der Waals surface area contributed by atoms with Gasteiger partial charge in [0.2, 0.25) is 5.91 Å². The second kappa shape index (κ2) is 7.83. The van der Waals surface area contributed by atoms with Crippen LogP contribution in [0, 0.1) is 5.41 Å². The molecule has 1 aromatic rings. The summed E-state index contributed by atoms with van der Waals surface area (Å²) in [7, 11) is 3.93. The number of cyclic esters (lactones) is 1. The van der Waals surface area contributed by atoms with Crippen molar-refractivity contribution in [3.05, 3.63) is 22.4 Å². The zero-order valence-corrected chi connectivity index (χ0v) is 17.8. The number of likely N-dealkylation sites (tertiary alicyclic amines) is 1. The van der Waals surface area contributed by atoms with Crippen molar-refractivity contribution in [1.29, 1.82) is 0 Å². The summed E-state index contributed by atoms with van der Waals surface area (Å²) in [5.74, 6) is -0.493. The number of esters is 1. The SMILES string of the molecule is CN(C)CC1CC2(CCN(C(=O)C(C)(C)NC(=O)c3cccs3)CC2)C(=O)O1. The van der Waals surface area contributed by atoms with Crippen LogP contribution in [0.5, 0.6) is 0 Å². The van der Waals surface area contributed by atoms with Gasteiger partial charge in [-0.25, -0.2) is 0 Å². The third-order valence-electron chi connectivity index (χ3n) is 5.61. The zero-order chi connectivity index (χ0) is 20.5. The molecule has 1 N–H and O–H groups in total. The van der Waals surface area contributed by atoms with E-state index in [2.05, 4.69) is 5.32 Å². The number of thiophene rings is 1. The van der Waals surface area contributed by atoms with E-state index in [4.69, 9.17) is 4.74 Å². The summed E-state index contributed by atoms with van der Waals surface area (Å²) in [6, 6.07) is 3.55. The molecule has 0 aliphatic carbocycles. The van der Waals surface area contributed by atoms with Gasteiger partial charge >= 0.3 is 5.97 Å². The van der Waals surface area contributed by atoms with Crippen LogP contribution >= 0.6 is 11.3 Å². The third-order valence-corrected chi connectivity index (χ3v) is 6.48. The van der Waals surface area contributed by atoms with Gasteiger partial charge in [-0.1, -0.05) is 6.07 Å². The number of hydrogen-bond acceptors (Lipinski definition) is 6. The first kappa shape index (κ1) is 20.8. The highest BCUT2D eigenvalue weighted by Crippen LogP contribution is 2.43. The molecule has 1 unspecified atom stereocenters. The van der Waals surface area contributed by atoms with Gasteiger partial charge in [0, 0.05) is 26.1 Å². The Bertz CT molecular complexity index is 737. The first-order chi connectivity index (χ1) is 13.1. The fourth-order valence-corrected chi connectivity index (χ4v) is 4.71. The van der Waals surface area contributed by atoms with Crippen LogP contribution in [0.4, 0.5) is 0 Å². The molecule has 0 bridgehead atoms. The summed E-state index contributed by atoms with van der Waals surface area (Å²) in [5, 5.41) is 4.67. The molecule has 0 aromatic carbocycles. The molecule has 0 radical (unpaired) electrons. The van der Waals surface area contributed by atoms with E-state index in [1.165, 1.54) is 11.3 Å². The average Bonchev–Trinajstić information content (AvgIpc) is 3.24. The van der Waals surface area contributed by atoms with Gasteiger partial charge in [0.05, 0.1) is 10.3 Å². The molecule has 2 aliphatic rings. The van der Waals surface area contributed by atoms with Crippen molar-refractivity contribution < 1.29 is 19.1 Å². The predicted octanol–water partition coefficient (Wildman–Crippen LogP) is 1.74. The van der Waals surface area contributed by atoms with E-state index < -0.39 is 11.0 Å². The monoisotopic (exact) mass is 407 g/mol. The number of carbonyl (C=O) groups is 3. The zero-order valence-electron chi connectivity index (χ0n) is 17.0. The lowest BCUT2D eigenvalue weighted by molar-refractivity contribution is -0.153. The maximum Gasteiger partial charge on any atom is 0.312 e. The molecule has 1 atom stereocenters. The van der Waals surface area contributed by atoms with Crippen LogP contribution in [-0.4, -0.2) is 73.0 Å². The van der Waals surface area contributed by atoms with Gasteiger partial charge in [0.25, 0.3) is 5.91 Å². The van der Waals surface area contributed by atoms with E-state index in [1.807, 2.05) is 30.4 Å². The Hall–Kier alpha value is -1.93. The van der Waals surface area contributed by atoms with Crippen LogP contribution in [0.25, 0.3) is 0 Å². The summed E-state index contributed by atoms with van der Waals surface area (Å²) in [6.07, 6.45) is 1.85. The first-order valence-electron chi connectivity index (χ1n) is 9.64. The van der Waals surface area contributed by atoms with Gasteiger partial charge in [-0.2, -0.15) is 0 Å². The standard InChI is InChI=1S/C20H29N3O4S/c1-19(2,21-16(24)15-6-5-11-28-15)17(25)23-9-7-20(8-10-23)12-14(13-22(3)4)27-18(20)26/h5-6,11,14H,7-10,12-13H2,1-4H3,(H,21,24). The summed E-state index contributed by atoms with van der Waals surface area (Å²) >= 11 is 1.34. The van der Waals surface area contributed by atoms with Gasteiger partial charge < -0.3 is 19.9 Å². The van der Waals surface area contributed by atoms with Crippen LogP contribution in [0.2, 0.25) is 0 Å². The molecule has 28 heavy (non-hydrogen) atoms. The molecule has 154 valence electrons. The second-order valence-corrected chi connectivity index (χ2v) is 9.57. The Morgan fingerprint density at radius 3 is 2.61 bits per heavy atom. The lowest BCUT2D eigenvalue weighted by atomic mass is 9.75. The molecule has 3 heterocycles. The van der Waals surface area contributed by atoms with Gasteiger partial charge in [-0.15, -0.1) is 11.3 Å². The van der Waals surface area contributed by atoms with E-state index in [1.54, 1.807) is 24.8 Å². The minimum Gasteiger partial charge on any atom is -0.461 e. The van der Waals surface area contributed by atoms with Crippen LogP contribution < -0.4 is 5.32 Å². The lowest BCUT2D eigenvalue weighted by Gasteiger charge is -2.40. The van der Waals surface area contributed by atoms with Gasteiger partial charge in [-0.05, 0) is 52.2 Å². The topological polar surface area (TPSA) is 79.0 Å². The van der Waals surface area contributed by atoms with E-state index in [-0.39, 0.29) is 23.9 Å². The number of carbonyl (C=O) groups excluding carboxylic acids is 3. The van der Waals surface area contributed by atoms with Crippen molar-refractivity contribution in [2.75, 3.05) is 33.7 Å². The van der Waals surface area contributed by atoms with Crippen LogP contribution in [-0.2, 0) is 14.3 Å². The molecule has 2 aliphatic heterocycles. The van der Waals surface area contributed by atoms with Crippen molar-refractivity contribution in [3.8, 4) is 0 Å². The third kappa shape index (κ3) is 4.22. The van der Waals surface area contributed by atoms with Crippen LogP contribution in [0.3, 0.4) is 0 Å². The van der Waals surface area contributed by atoms with Gasteiger partial charge in [0.1, 0.15) is 11.6 Å². The van der Waals surface area contributed by atoms with Crippen molar-refractivity contribution in [2.24, 2.45) is 5.41 Å². The molecule has 3 rings (SSSR count). The normalized spacial score (nSPS) is 21.8. The predicted molar refractivity (Wildman–Crippen MR) is 107 cm³/mol. The number of rotatable bonds is 5. The molecular formula is C20H29N3O4S. The maximum atomic E-state index is 13.0. The molecule has 0 saturated carbocycles. The molecule has 1 aromatic heterocycles. The lowest BCUT2D eigenvalue weighted by Crippen LogP contribution is -2.58. The van der Waals surface area contributed by atoms with E-state index in [0.29, 0.717) is 37.2 Å². The molecule has 7 nitrogen and oxygen atoms in total. The van der Waals surface area contributed by atoms with Crippen LogP contribution in [0.15, 0.2) is 17.5 Å². The Morgan fingerprint density at radius 2 is 2.04 bits per heavy atom. The number of piperidine rings is 1. The molecule has 8 heteroatoms. The highest BCUT2D eigenvalue weighted by Gasteiger charge is 2.51. The summed E-state index contributed by atoms with van der Waals surface area (Å²) in [4.78, 5) is 42.2. The molecule has 1 spiro atoms. The highest BCUT2D eigenvalue weighted by molar-refractivity contribution is 7.12. The minimum atomic E-state index is -1.00. The van der Waals surface area contributed by atoms with Crippen molar-refractivity contribution in [1.82, 2.24) is 15.1 Å². The molecular weight excluding hydrogens is 378 g/mol. The van der Waals surface area contributed by atoms with Crippen LogP contribution in [0.1, 0.15) is 42.8 Å². The highest BCUT2D eigenvalue weighted by atomic mass is 32.1. The quantitative estimate of drug-likeness (QED) is 0.753. The molecule has 2 amide bonds. The van der Waals surface area contributed by atoms with Gasteiger partial charge in [0.15, 0.2) is 0 Å². The Morgan fingerprint density at radius 1 is 1.36 bits per heavy atom. The Labute approximate surface area is 170 Å². The summed E-state index contributed by atoms with van der Waals surface area (Å²) in [6.45, 7) is 5.17. The fraction of sp³-hybridized carbons (Fsp3) is 0.650. The minimum absolute atomic E-state index is 0.0775. The number of likely N-dealkylation sites (N-methyl/N-ethyl adjacent to an activating group) is 1. The fourth-order valence-electron chi connectivity index (χ4n) is 4.09. The number of hydrogen-bond donors (Lipinski definition) is 1. The second-order valence-electron chi connectivity index (χ2n) is 8.62. The number of amides is 2. The number of ether oxygens (including phenoxy) is 1. The van der Waals surface area contributed by atoms with Crippen molar-refractivity contribution >= 4 is 29.1 Å². The van der Waals surface area contributed by atoms with Crippen molar-refractivity contribution in [2.45, 2.75) is 44.8 Å². The number of nitrogens with zero attached hydrogens (tertiary/aromatic N) is 2. The average molecular weight is 408 g/mol. The van der Waals surface area contributed by atoms with Crippen molar-refractivity contribution in [3.63, 3.8) is 0 Å². The Balaban J connectivity index is 1.59. The Kier molecular flexibility index (Phi) is 5.82. The maximum absolute atomic E-state index is 13.0. The van der Waals surface area contributed by atoms with Gasteiger partial charge in [-0.3, -0.25) is 14.4 Å². The smallest absolute Gasteiger partial charge is 0.312 e. The number of nitrogens with one attached hydrogen (secondary N) is 1. The largest absolute Gasteiger partial charge is 0.461 e. The molecule has 2 saturated heterocycles. The summed E-state index contributed by atoms with van der Waals surface area (Å²) in [5.41, 5.74) is -1.48. The first-order valence-corrected chi connectivity index (χ1v) is 10.5.